The summed E-state index contributed by atoms with van der Waals surface area (Å²) in [4.78, 5) is 12.0. The van der Waals surface area contributed by atoms with E-state index in [9.17, 15) is 17.6 Å². The molecule has 1 aliphatic rings. The summed E-state index contributed by atoms with van der Waals surface area (Å²) in [6.07, 6.45) is 2.83. The second-order valence-electron chi connectivity index (χ2n) is 5.00. The number of nitrogens with zero attached hydrogens (tertiary/aromatic N) is 1. The molecule has 0 bridgehead atoms. The highest BCUT2D eigenvalue weighted by atomic mass is 32.2. The Morgan fingerprint density at radius 3 is 2.60 bits per heavy atom. The molecule has 0 spiro atoms. The summed E-state index contributed by atoms with van der Waals surface area (Å²) in [5, 5.41) is 2.75. The number of amides is 1. The van der Waals surface area contributed by atoms with Crippen LogP contribution in [0.1, 0.15) is 19.8 Å². The van der Waals surface area contributed by atoms with Crippen LogP contribution in [0.15, 0.2) is 24.3 Å². The zero-order valence-corrected chi connectivity index (χ0v) is 12.2. The molecule has 1 aromatic carbocycles. The molecular weight excluding hydrogens is 283 g/mol. The van der Waals surface area contributed by atoms with E-state index < -0.39 is 21.9 Å². The third-order valence-electron chi connectivity index (χ3n) is 3.07. The minimum Gasteiger partial charge on any atom is -0.352 e. The fourth-order valence-corrected chi connectivity index (χ4v) is 3.14. The maximum Gasteiger partial charge on any atom is 0.243 e. The van der Waals surface area contributed by atoms with Crippen molar-refractivity contribution in [2.24, 2.45) is 0 Å². The minimum atomic E-state index is -3.69. The number of carbonyl (C=O) groups is 1. The number of hydrogen-bond donors (Lipinski definition) is 1. The molecular formula is C13H17FN2O3S. The number of benzene rings is 1. The predicted octanol–water partition coefficient (Wildman–Crippen LogP) is 1.26. The zero-order chi connectivity index (χ0) is 14.9. The number of halogens is 1. The first-order valence-electron chi connectivity index (χ1n) is 6.34. The van der Waals surface area contributed by atoms with Crippen LogP contribution in [0.25, 0.3) is 0 Å². The lowest BCUT2D eigenvalue weighted by Crippen LogP contribution is -2.48. The Morgan fingerprint density at radius 1 is 1.45 bits per heavy atom. The van der Waals surface area contributed by atoms with Gasteiger partial charge in [-0.2, -0.15) is 0 Å². The fraction of sp³-hybridized carbons (Fsp3) is 0.462. The third-order valence-corrected chi connectivity index (χ3v) is 4.32. The maximum atomic E-state index is 13.3. The van der Waals surface area contributed by atoms with E-state index in [0.717, 1.165) is 29.5 Å². The van der Waals surface area contributed by atoms with E-state index >= 15 is 0 Å². The molecule has 110 valence electrons. The molecule has 20 heavy (non-hydrogen) atoms. The predicted molar refractivity (Wildman–Crippen MR) is 74.3 cm³/mol. The second-order valence-corrected chi connectivity index (χ2v) is 6.86. The van der Waals surface area contributed by atoms with Crippen LogP contribution in [-0.4, -0.2) is 32.7 Å². The fourth-order valence-electron chi connectivity index (χ4n) is 1.97. The van der Waals surface area contributed by atoms with Crippen molar-refractivity contribution in [1.29, 1.82) is 0 Å². The summed E-state index contributed by atoms with van der Waals surface area (Å²) >= 11 is 0. The van der Waals surface area contributed by atoms with Crippen molar-refractivity contribution in [3.8, 4) is 0 Å². The smallest absolute Gasteiger partial charge is 0.243 e. The molecule has 1 N–H and O–H groups in total. The van der Waals surface area contributed by atoms with Crippen LogP contribution in [0.2, 0.25) is 0 Å². The van der Waals surface area contributed by atoms with Crippen molar-refractivity contribution in [2.45, 2.75) is 31.8 Å². The molecule has 0 heterocycles. The normalized spacial score (nSPS) is 16.6. The Morgan fingerprint density at radius 2 is 2.10 bits per heavy atom. The highest BCUT2D eigenvalue weighted by Crippen LogP contribution is 2.23. The SMILES string of the molecule is C[C@@H](C(=O)NC1CC1)N(c1cccc(F)c1)S(C)(=O)=O. The lowest BCUT2D eigenvalue weighted by atomic mass is 10.2. The van der Waals surface area contributed by atoms with Crippen LogP contribution in [-0.2, 0) is 14.8 Å². The van der Waals surface area contributed by atoms with E-state index in [1.807, 2.05) is 0 Å². The Bertz CT molecular complexity index is 614. The van der Waals surface area contributed by atoms with Crippen LogP contribution in [0.5, 0.6) is 0 Å². The summed E-state index contributed by atoms with van der Waals surface area (Å²) in [7, 11) is -3.69. The third kappa shape index (κ3) is 3.47. The highest BCUT2D eigenvalue weighted by Gasteiger charge is 2.32. The standard InChI is InChI=1S/C13H17FN2O3S/c1-9(13(17)15-11-6-7-11)16(20(2,18)19)12-5-3-4-10(14)8-12/h3-5,8-9,11H,6-7H2,1-2H3,(H,15,17)/t9-/m0/s1. The van der Waals surface area contributed by atoms with Gasteiger partial charge in [0.15, 0.2) is 0 Å². The lowest BCUT2D eigenvalue weighted by molar-refractivity contribution is -0.121. The number of nitrogens with one attached hydrogen (secondary N) is 1. The van der Waals surface area contributed by atoms with Crippen LogP contribution < -0.4 is 9.62 Å². The molecule has 1 aromatic rings. The molecule has 1 fully saturated rings. The summed E-state index contributed by atoms with van der Waals surface area (Å²) in [5.41, 5.74) is 0.144. The van der Waals surface area contributed by atoms with Gasteiger partial charge < -0.3 is 5.32 Å². The second kappa shape index (κ2) is 5.40. The molecule has 0 unspecified atom stereocenters. The Hall–Kier alpha value is -1.63. The summed E-state index contributed by atoms with van der Waals surface area (Å²) in [6.45, 7) is 1.49. The molecule has 5 nitrogen and oxygen atoms in total. The molecule has 2 rings (SSSR count). The zero-order valence-electron chi connectivity index (χ0n) is 11.3. The van der Waals surface area contributed by atoms with Gasteiger partial charge in [0.1, 0.15) is 11.9 Å². The van der Waals surface area contributed by atoms with Crippen LogP contribution in [0, 0.1) is 5.82 Å². The van der Waals surface area contributed by atoms with Crippen LogP contribution in [0.4, 0.5) is 10.1 Å². The first kappa shape index (κ1) is 14.8. The Labute approximate surface area is 117 Å². The molecule has 1 amide bonds. The van der Waals surface area contributed by atoms with Crippen LogP contribution >= 0.6 is 0 Å². The van der Waals surface area contributed by atoms with E-state index in [4.69, 9.17) is 0 Å². The monoisotopic (exact) mass is 300 g/mol. The highest BCUT2D eigenvalue weighted by molar-refractivity contribution is 7.92. The van der Waals surface area contributed by atoms with Gasteiger partial charge in [-0.15, -0.1) is 0 Å². The van der Waals surface area contributed by atoms with Gasteiger partial charge in [-0.1, -0.05) is 6.07 Å². The lowest BCUT2D eigenvalue weighted by Gasteiger charge is -2.28. The quantitative estimate of drug-likeness (QED) is 0.890. The number of anilines is 1. The Kier molecular flexibility index (Phi) is 3.99. The van der Waals surface area contributed by atoms with Gasteiger partial charge in [-0.3, -0.25) is 9.10 Å². The molecule has 1 aliphatic carbocycles. The van der Waals surface area contributed by atoms with Crippen molar-refractivity contribution in [3.63, 3.8) is 0 Å². The molecule has 1 atom stereocenters. The number of hydrogen-bond acceptors (Lipinski definition) is 3. The van der Waals surface area contributed by atoms with Gasteiger partial charge in [0, 0.05) is 6.04 Å². The van der Waals surface area contributed by atoms with Gasteiger partial charge >= 0.3 is 0 Å². The summed E-state index contributed by atoms with van der Waals surface area (Å²) in [6, 6.07) is 4.41. The van der Waals surface area contributed by atoms with E-state index in [1.165, 1.54) is 25.1 Å². The first-order chi connectivity index (χ1) is 9.29. The van der Waals surface area contributed by atoms with Crippen LogP contribution in [0.3, 0.4) is 0 Å². The summed E-state index contributed by atoms with van der Waals surface area (Å²) in [5.74, 6) is -0.923. The molecule has 0 aromatic heterocycles. The molecule has 0 aliphatic heterocycles. The molecule has 0 radical (unpaired) electrons. The molecule has 0 saturated heterocycles. The van der Waals surface area contributed by atoms with Gasteiger partial charge in [-0.05, 0) is 38.0 Å². The number of sulfonamides is 1. The first-order valence-corrected chi connectivity index (χ1v) is 8.19. The van der Waals surface area contributed by atoms with Crippen molar-refractivity contribution >= 4 is 21.6 Å². The number of rotatable bonds is 5. The van der Waals surface area contributed by atoms with Crippen molar-refractivity contribution in [3.05, 3.63) is 30.1 Å². The summed E-state index contributed by atoms with van der Waals surface area (Å²) < 4.78 is 38.0. The largest absolute Gasteiger partial charge is 0.352 e. The maximum absolute atomic E-state index is 13.3. The average molecular weight is 300 g/mol. The molecule has 7 heteroatoms. The van der Waals surface area contributed by atoms with Crippen molar-refractivity contribution in [2.75, 3.05) is 10.6 Å². The molecule has 1 saturated carbocycles. The van der Waals surface area contributed by atoms with Crippen molar-refractivity contribution in [1.82, 2.24) is 5.32 Å². The van der Waals surface area contributed by atoms with Gasteiger partial charge in [0.05, 0.1) is 11.9 Å². The van der Waals surface area contributed by atoms with Crippen molar-refractivity contribution < 1.29 is 17.6 Å². The minimum absolute atomic E-state index is 0.138. The number of carbonyl (C=O) groups excluding carboxylic acids is 1. The van der Waals surface area contributed by atoms with E-state index in [2.05, 4.69) is 5.32 Å². The van der Waals surface area contributed by atoms with Gasteiger partial charge in [0.25, 0.3) is 0 Å². The topological polar surface area (TPSA) is 66.5 Å². The Balaban J connectivity index is 2.30. The van der Waals surface area contributed by atoms with Gasteiger partial charge in [-0.25, -0.2) is 12.8 Å². The van der Waals surface area contributed by atoms with E-state index in [0.29, 0.717) is 0 Å². The van der Waals surface area contributed by atoms with E-state index in [1.54, 1.807) is 0 Å². The average Bonchev–Trinajstić information content (AvgIpc) is 3.11. The van der Waals surface area contributed by atoms with Gasteiger partial charge in [0.2, 0.25) is 15.9 Å². The van der Waals surface area contributed by atoms with E-state index in [-0.39, 0.29) is 17.6 Å².